The number of pyridine rings is 1. The van der Waals surface area contributed by atoms with Crippen LogP contribution in [0.4, 0.5) is 5.82 Å². The maximum atomic E-state index is 4.87. The topological polar surface area (TPSA) is 16.1 Å². The highest BCUT2D eigenvalue weighted by atomic mass is 15.2. The van der Waals surface area contributed by atoms with Gasteiger partial charge in [-0.05, 0) is 36.1 Å². The summed E-state index contributed by atoms with van der Waals surface area (Å²) in [6, 6.07) is 21.3. The molecule has 2 nitrogen and oxygen atoms in total. The standard InChI is InChI=1S/C19H18N2/c1-2-8-15(9-3-1)17-14-19(21-12-6-7-13-21)20-18-11-5-4-10-16(17)18/h1-5,8-11,14H,6-7,12-13H2. The van der Waals surface area contributed by atoms with E-state index in [4.69, 9.17) is 4.98 Å². The molecule has 0 radical (unpaired) electrons. The van der Waals surface area contributed by atoms with Crippen LogP contribution in [0.2, 0.25) is 0 Å². The van der Waals surface area contributed by atoms with Gasteiger partial charge in [0, 0.05) is 18.5 Å². The Bertz CT molecular complexity index is 759. The van der Waals surface area contributed by atoms with Crippen molar-refractivity contribution in [3.63, 3.8) is 0 Å². The Morgan fingerprint density at radius 1 is 0.810 bits per heavy atom. The number of hydrogen-bond acceptors (Lipinski definition) is 2. The molecule has 0 spiro atoms. The molecule has 1 saturated heterocycles. The molecule has 104 valence electrons. The van der Waals surface area contributed by atoms with Gasteiger partial charge in [0.2, 0.25) is 0 Å². The third kappa shape index (κ3) is 2.27. The summed E-state index contributed by atoms with van der Waals surface area (Å²) >= 11 is 0. The van der Waals surface area contributed by atoms with Gasteiger partial charge in [0.25, 0.3) is 0 Å². The maximum absolute atomic E-state index is 4.87. The smallest absolute Gasteiger partial charge is 0.129 e. The van der Waals surface area contributed by atoms with Crippen molar-refractivity contribution < 1.29 is 0 Å². The maximum Gasteiger partial charge on any atom is 0.129 e. The van der Waals surface area contributed by atoms with E-state index in [9.17, 15) is 0 Å². The number of hydrogen-bond donors (Lipinski definition) is 0. The highest BCUT2D eigenvalue weighted by Gasteiger charge is 2.16. The van der Waals surface area contributed by atoms with E-state index < -0.39 is 0 Å². The number of anilines is 1. The van der Waals surface area contributed by atoms with Gasteiger partial charge in [-0.25, -0.2) is 4.98 Å². The van der Waals surface area contributed by atoms with Crippen molar-refractivity contribution in [2.24, 2.45) is 0 Å². The molecule has 21 heavy (non-hydrogen) atoms. The summed E-state index contributed by atoms with van der Waals surface area (Å²) in [7, 11) is 0. The predicted octanol–water partition coefficient (Wildman–Crippen LogP) is 4.50. The van der Waals surface area contributed by atoms with Crippen molar-refractivity contribution in [2.75, 3.05) is 18.0 Å². The third-order valence-corrected chi connectivity index (χ3v) is 4.22. The number of para-hydroxylation sites is 1. The van der Waals surface area contributed by atoms with Crippen LogP contribution < -0.4 is 4.90 Å². The van der Waals surface area contributed by atoms with Gasteiger partial charge < -0.3 is 4.90 Å². The normalized spacial score (nSPS) is 14.8. The average Bonchev–Trinajstić information content (AvgIpc) is 3.09. The first-order valence-electron chi connectivity index (χ1n) is 7.62. The van der Waals surface area contributed by atoms with Crippen LogP contribution in [-0.4, -0.2) is 18.1 Å². The monoisotopic (exact) mass is 274 g/mol. The molecule has 0 saturated carbocycles. The van der Waals surface area contributed by atoms with Crippen molar-refractivity contribution in [1.82, 2.24) is 4.98 Å². The van der Waals surface area contributed by atoms with Crippen molar-refractivity contribution in [2.45, 2.75) is 12.8 Å². The van der Waals surface area contributed by atoms with E-state index in [1.807, 2.05) is 0 Å². The molecule has 2 heterocycles. The fourth-order valence-corrected chi connectivity index (χ4v) is 3.13. The molecule has 2 aromatic carbocycles. The highest BCUT2D eigenvalue weighted by molar-refractivity contribution is 5.96. The second-order valence-corrected chi connectivity index (χ2v) is 5.61. The van der Waals surface area contributed by atoms with E-state index in [1.165, 1.54) is 29.4 Å². The van der Waals surface area contributed by atoms with E-state index in [-0.39, 0.29) is 0 Å². The Morgan fingerprint density at radius 2 is 1.52 bits per heavy atom. The molecule has 0 bridgehead atoms. The minimum Gasteiger partial charge on any atom is -0.357 e. The van der Waals surface area contributed by atoms with Crippen molar-refractivity contribution in [1.29, 1.82) is 0 Å². The first-order chi connectivity index (χ1) is 10.4. The lowest BCUT2D eigenvalue weighted by Crippen LogP contribution is -2.19. The van der Waals surface area contributed by atoms with E-state index in [1.54, 1.807) is 0 Å². The zero-order valence-corrected chi connectivity index (χ0v) is 12.0. The first kappa shape index (κ1) is 12.4. The molecule has 1 aromatic heterocycles. The largest absolute Gasteiger partial charge is 0.357 e. The molecule has 2 heteroatoms. The van der Waals surface area contributed by atoms with Crippen LogP contribution in [0.15, 0.2) is 60.7 Å². The van der Waals surface area contributed by atoms with Gasteiger partial charge in [0.15, 0.2) is 0 Å². The van der Waals surface area contributed by atoms with Crippen LogP contribution >= 0.6 is 0 Å². The van der Waals surface area contributed by atoms with Gasteiger partial charge in [0.05, 0.1) is 5.52 Å². The molecule has 0 aliphatic carbocycles. The minimum absolute atomic E-state index is 1.08. The molecule has 0 unspecified atom stereocenters. The Labute approximate surface area is 125 Å². The Balaban J connectivity index is 1.94. The molecular formula is C19H18N2. The average molecular weight is 274 g/mol. The molecule has 3 aromatic rings. The number of benzene rings is 2. The number of fused-ring (bicyclic) bond motifs is 1. The van der Waals surface area contributed by atoms with Crippen molar-refractivity contribution in [3.8, 4) is 11.1 Å². The summed E-state index contributed by atoms with van der Waals surface area (Å²) in [5.41, 5.74) is 3.63. The SMILES string of the molecule is c1ccc(-c2cc(N3CCCC3)nc3ccccc23)cc1. The van der Waals surface area contributed by atoms with Crippen LogP contribution in [0.25, 0.3) is 22.0 Å². The molecular weight excluding hydrogens is 256 g/mol. The number of rotatable bonds is 2. The van der Waals surface area contributed by atoms with Crippen LogP contribution in [-0.2, 0) is 0 Å². The van der Waals surface area contributed by atoms with E-state index >= 15 is 0 Å². The van der Waals surface area contributed by atoms with Gasteiger partial charge in [-0.2, -0.15) is 0 Å². The van der Waals surface area contributed by atoms with Crippen LogP contribution in [0.5, 0.6) is 0 Å². The second-order valence-electron chi connectivity index (χ2n) is 5.61. The highest BCUT2D eigenvalue weighted by Crippen LogP contribution is 2.32. The fourth-order valence-electron chi connectivity index (χ4n) is 3.13. The Hall–Kier alpha value is -2.35. The van der Waals surface area contributed by atoms with E-state index in [0.717, 1.165) is 24.4 Å². The fraction of sp³-hybridized carbons (Fsp3) is 0.211. The first-order valence-corrected chi connectivity index (χ1v) is 7.62. The van der Waals surface area contributed by atoms with Crippen LogP contribution in [0.3, 0.4) is 0 Å². The molecule has 4 rings (SSSR count). The number of aromatic nitrogens is 1. The zero-order chi connectivity index (χ0) is 14.1. The molecule has 0 N–H and O–H groups in total. The Kier molecular flexibility index (Phi) is 3.07. The molecule has 1 aliphatic rings. The lowest BCUT2D eigenvalue weighted by molar-refractivity contribution is 0.944. The lowest BCUT2D eigenvalue weighted by atomic mass is 10.0. The van der Waals surface area contributed by atoms with Crippen LogP contribution in [0, 0.1) is 0 Å². The summed E-state index contributed by atoms with van der Waals surface area (Å²) in [5, 5.41) is 1.23. The summed E-state index contributed by atoms with van der Waals surface area (Å²) in [5.74, 6) is 1.12. The summed E-state index contributed by atoms with van der Waals surface area (Å²) < 4.78 is 0. The lowest BCUT2D eigenvalue weighted by Gasteiger charge is -2.18. The second kappa shape index (κ2) is 5.21. The quantitative estimate of drug-likeness (QED) is 0.684. The van der Waals surface area contributed by atoms with Gasteiger partial charge in [-0.1, -0.05) is 48.5 Å². The summed E-state index contributed by atoms with van der Waals surface area (Å²) in [6.45, 7) is 2.25. The van der Waals surface area contributed by atoms with Crippen molar-refractivity contribution in [3.05, 3.63) is 60.7 Å². The minimum atomic E-state index is 1.08. The molecule has 1 aliphatic heterocycles. The van der Waals surface area contributed by atoms with Gasteiger partial charge in [-0.3, -0.25) is 0 Å². The van der Waals surface area contributed by atoms with Gasteiger partial charge >= 0.3 is 0 Å². The van der Waals surface area contributed by atoms with Crippen LogP contribution in [0.1, 0.15) is 12.8 Å². The Morgan fingerprint density at radius 3 is 2.33 bits per heavy atom. The zero-order valence-electron chi connectivity index (χ0n) is 12.0. The number of nitrogens with zero attached hydrogens (tertiary/aromatic N) is 2. The van der Waals surface area contributed by atoms with E-state index in [2.05, 4.69) is 65.6 Å². The third-order valence-electron chi connectivity index (χ3n) is 4.22. The summed E-state index contributed by atoms with van der Waals surface area (Å²) in [4.78, 5) is 7.27. The van der Waals surface area contributed by atoms with Gasteiger partial charge in [-0.15, -0.1) is 0 Å². The molecule has 0 atom stereocenters. The van der Waals surface area contributed by atoms with Crippen molar-refractivity contribution >= 4 is 16.7 Å². The predicted molar refractivity (Wildman–Crippen MR) is 88.6 cm³/mol. The van der Waals surface area contributed by atoms with Gasteiger partial charge in [0.1, 0.15) is 5.82 Å². The molecule has 0 amide bonds. The molecule has 1 fully saturated rings. The van der Waals surface area contributed by atoms with E-state index in [0.29, 0.717) is 0 Å². The summed E-state index contributed by atoms with van der Waals surface area (Å²) in [6.07, 6.45) is 2.55.